The third-order valence-electron chi connectivity index (χ3n) is 2.48. The Morgan fingerprint density at radius 1 is 1.58 bits per heavy atom. The third kappa shape index (κ3) is 4.55. The van der Waals surface area contributed by atoms with Gasteiger partial charge < -0.3 is 10.4 Å². The molecule has 1 amide bonds. The van der Waals surface area contributed by atoms with Crippen molar-refractivity contribution in [2.24, 2.45) is 0 Å². The third-order valence-corrected chi connectivity index (χ3v) is 2.48. The number of carbonyl (C=O) groups is 1. The lowest BCUT2D eigenvalue weighted by Crippen LogP contribution is -2.31. The van der Waals surface area contributed by atoms with Gasteiger partial charge in [-0.05, 0) is 12.5 Å². The standard InChI is InChI=1S/C11H16F3N3O2/c1-2-5-15-10(19)8-3-6-16-17(8)7-4-9(18)11(12,13)14/h3,6,9,18H,2,4-5,7H2,1H3,(H,15,19). The van der Waals surface area contributed by atoms with Gasteiger partial charge in [0, 0.05) is 25.7 Å². The summed E-state index contributed by atoms with van der Waals surface area (Å²) in [4.78, 5) is 11.7. The molecular formula is C11H16F3N3O2. The van der Waals surface area contributed by atoms with Gasteiger partial charge in [-0.2, -0.15) is 18.3 Å². The number of hydrogen-bond acceptors (Lipinski definition) is 3. The van der Waals surface area contributed by atoms with Crippen molar-refractivity contribution >= 4 is 5.91 Å². The van der Waals surface area contributed by atoms with Crippen LogP contribution in [0, 0.1) is 0 Å². The number of alkyl halides is 3. The fourth-order valence-corrected chi connectivity index (χ4v) is 1.44. The molecule has 1 aromatic rings. The molecule has 0 spiro atoms. The fourth-order valence-electron chi connectivity index (χ4n) is 1.44. The number of rotatable bonds is 6. The van der Waals surface area contributed by atoms with E-state index in [1.807, 2.05) is 6.92 Å². The number of aromatic nitrogens is 2. The molecule has 0 saturated carbocycles. The number of nitrogens with zero attached hydrogens (tertiary/aromatic N) is 2. The predicted octanol–water partition coefficient (Wildman–Crippen LogP) is 1.34. The first-order valence-corrected chi connectivity index (χ1v) is 5.91. The highest BCUT2D eigenvalue weighted by Gasteiger charge is 2.37. The number of amides is 1. The molecule has 2 N–H and O–H groups in total. The summed E-state index contributed by atoms with van der Waals surface area (Å²) in [6.45, 7) is 2.19. The van der Waals surface area contributed by atoms with E-state index in [-0.39, 0.29) is 18.1 Å². The minimum atomic E-state index is -4.65. The summed E-state index contributed by atoms with van der Waals surface area (Å²) in [6, 6.07) is 1.42. The molecule has 0 aliphatic heterocycles. The van der Waals surface area contributed by atoms with Crippen molar-refractivity contribution in [2.45, 2.75) is 38.6 Å². The van der Waals surface area contributed by atoms with Crippen molar-refractivity contribution in [1.29, 1.82) is 0 Å². The Morgan fingerprint density at radius 2 is 2.26 bits per heavy atom. The van der Waals surface area contributed by atoms with Gasteiger partial charge in [-0.1, -0.05) is 6.92 Å². The first-order valence-electron chi connectivity index (χ1n) is 5.91. The molecule has 0 aliphatic carbocycles. The Kier molecular flexibility index (Phi) is 5.34. The Labute approximate surface area is 108 Å². The van der Waals surface area contributed by atoms with Crippen LogP contribution in [0.15, 0.2) is 12.3 Å². The number of halogens is 3. The first kappa shape index (κ1) is 15.5. The maximum atomic E-state index is 12.1. The number of hydrogen-bond donors (Lipinski definition) is 2. The van der Waals surface area contributed by atoms with Gasteiger partial charge in [0.15, 0.2) is 6.10 Å². The van der Waals surface area contributed by atoms with Crippen LogP contribution in [0.25, 0.3) is 0 Å². The molecule has 0 bridgehead atoms. The molecule has 0 aromatic carbocycles. The SMILES string of the molecule is CCCNC(=O)c1ccnn1CCC(O)C(F)(F)F. The number of aliphatic hydroxyl groups excluding tert-OH is 1. The minimum Gasteiger partial charge on any atom is -0.384 e. The summed E-state index contributed by atoms with van der Waals surface area (Å²) in [7, 11) is 0. The van der Waals surface area contributed by atoms with E-state index in [1.54, 1.807) is 0 Å². The predicted molar refractivity (Wildman–Crippen MR) is 61.5 cm³/mol. The van der Waals surface area contributed by atoms with Crippen molar-refractivity contribution in [3.63, 3.8) is 0 Å². The van der Waals surface area contributed by atoms with E-state index >= 15 is 0 Å². The second kappa shape index (κ2) is 6.55. The second-order valence-electron chi connectivity index (χ2n) is 4.04. The summed E-state index contributed by atoms with van der Waals surface area (Å²) in [5.41, 5.74) is 0.183. The van der Waals surface area contributed by atoms with Gasteiger partial charge in [-0.25, -0.2) is 0 Å². The largest absolute Gasteiger partial charge is 0.414 e. The molecule has 8 heteroatoms. The number of aliphatic hydroxyl groups is 1. The Morgan fingerprint density at radius 3 is 2.84 bits per heavy atom. The van der Waals surface area contributed by atoms with Crippen LogP contribution in [-0.2, 0) is 6.54 Å². The van der Waals surface area contributed by atoms with E-state index in [2.05, 4.69) is 10.4 Å². The zero-order chi connectivity index (χ0) is 14.5. The highest BCUT2D eigenvalue weighted by molar-refractivity contribution is 5.92. The molecular weight excluding hydrogens is 263 g/mol. The van der Waals surface area contributed by atoms with Crippen LogP contribution in [0.5, 0.6) is 0 Å². The molecule has 5 nitrogen and oxygen atoms in total. The van der Waals surface area contributed by atoms with Gasteiger partial charge >= 0.3 is 6.18 Å². The maximum absolute atomic E-state index is 12.1. The highest BCUT2D eigenvalue weighted by atomic mass is 19.4. The van der Waals surface area contributed by atoms with E-state index in [1.165, 1.54) is 12.3 Å². The molecule has 108 valence electrons. The maximum Gasteiger partial charge on any atom is 0.414 e. The highest BCUT2D eigenvalue weighted by Crippen LogP contribution is 2.22. The molecule has 1 atom stereocenters. The van der Waals surface area contributed by atoms with Crippen molar-refractivity contribution in [3.05, 3.63) is 18.0 Å². The molecule has 1 unspecified atom stereocenters. The van der Waals surface area contributed by atoms with Crippen LogP contribution >= 0.6 is 0 Å². The summed E-state index contributed by atoms with van der Waals surface area (Å²) in [5.74, 6) is -0.388. The summed E-state index contributed by atoms with van der Waals surface area (Å²) in [5, 5.41) is 15.3. The van der Waals surface area contributed by atoms with Crippen LogP contribution in [0.2, 0.25) is 0 Å². The number of carbonyl (C=O) groups excluding carboxylic acids is 1. The average molecular weight is 279 g/mol. The molecule has 0 fully saturated rings. The second-order valence-corrected chi connectivity index (χ2v) is 4.04. The monoisotopic (exact) mass is 279 g/mol. The van der Waals surface area contributed by atoms with E-state index in [9.17, 15) is 18.0 Å². The van der Waals surface area contributed by atoms with E-state index in [0.29, 0.717) is 6.54 Å². The van der Waals surface area contributed by atoms with Gasteiger partial charge in [0.25, 0.3) is 5.91 Å². The van der Waals surface area contributed by atoms with Gasteiger partial charge in [0.1, 0.15) is 5.69 Å². The summed E-state index contributed by atoms with van der Waals surface area (Å²) >= 11 is 0. The molecule has 0 aliphatic rings. The number of aryl methyl sites for hydroxylation is 1. The van der Waals surface area contributed by atoms with Crippen LogP contribution in [0.3, 0.4) is 0 Å². The summed E-state index contributed by atoms with van der Waals surface area (Å²) < 4.78 is 37.6. The molecule has 1 aromatic heterocycles. The average Bonchev–Trinajstić information content (AvgIpc) is 2.80. The van der Waals surface area contributed by atoms with E-state index in [4.69, 9.17) is 5.11 Å². The van der Waals surface area contributed by atoms with Gasteiger partial charge in [-0.3, -0.25) is 9.48 Å². The first-order chi connectivity index (χ1) is 8.86. The lowest BCUT2D eigenvalue weighted by molar-refractivity contribution is -0.206. The van der Waals surface area contributed by atoms with Crippen LogP contribution in [0.1, 0.15) is 30.3 Å². The normalized spacial score (nSPS) is 13.3. The Balaban J connectivity index is 2.60. The number of nitrogens with one attached hydrogen (secondary N) is 1. The quantitative estimate of drug-likeness (QED) is 0.825. The summed E-state index contributed by atoms with van der Waals surface area (Å²) in [6.07, 6.45) is -5.52. The Bertz CT molecular complexity index is 418. The van der Waals surface area contributed by atoms with Crippen molar-refractivity contribution in [3.8, 4) is 0 Å². The van der Waals surface area contributed by atoms with Crippen LogP contribution in [-0.4, -0.2) is 39.6 Å². The molecule has 0 saturated heterocycles. The smallest absolute Gasteiger partial charge is 0.384 e. The topological polar surface area (TPSA) is 67.2 Å². The fraction of sp³-hybridized carbons (Fsp3) is 0.636. The van der Waals surface area contributed by atoms with Crippen LogP contribution < -0.4 is 5.32 Å². The zero-order valence-electron chi connectivity index (χ0n) is 10.4. The Hall–Kier alpha value is -1.57. The lowest BCUT2D eigenvalue weighted by Gasteiger charge is -2.15. The van der Waals surface area contributed by atoms with Gasteiger partial charge in [0.05, 0.1) is 0 Å². The van der Waals surface area contributed by atoms with Crippen molar-refractivity contribution < 1.29 is 23.1 Å². The van der Waals surface area contributed by atoms with Gasteiger partial charge in [-0.15, -0.1) is 0 Å². The van der Waals surface area contributed by atoms with E-state index < -0.39 is 18.7 Å². The van der Waals surface area contributed by atoms with Crippen LogP contribution in [0.4, 0.5) is 13.2 Å². The molecule has 1 rings (SSSR count). The van der Waals surface area contributed by atoms with Crippen molar-refractivity contribution in [2.75, 3.05) is 6.54 Å². The zero-order valence-corrected chi connectivity index (χ0v) is 10.4. The lowest BCUT2D eigenvalue weighted by atomic mass is 10.2. The minimum absolute atomic E-state index is 0.178. The molecule has 19 heavy (non-hydrogen) atoms. The molecule has 1 heterocycles. The van der Waals surface area contributed by atoms with Crippen molar-refractivity contribution in [1.82, 2.24) is 15.1 Å². The van der Waals surface area contributed by atoms with E-state index in [0.717, 1.165) is 11.1 Å². The van der Waals surface area contributed by atoms with Gasteiger partial charge in [0.2, 0.25) is 0 Å². The molecule has 0 radical (unpaired) electrons.